The Morgan fingerprint density at radius 2 is 1.76 bits per heavy atom. The molecule has 0 aromatic rings. The van der Waals surface area contributed by atoms with Crippen LogP contribution in [0.1, 0.15) is 39.5 Å². The van der Waals surface area contributed by atoms with Gasteiger partial charge in [0.2, 0.25) is 11.8 Å². The van der Waals surface area contributed by atoms with Crippen LogP contribution < -0.4 is 10.6 Å². The molecule has 0 unspecified atom stereocenters. The number of imide groups is 2. The fourth-order valence-electron chi connectivity index (χ4n) is 1.89. The van der Waals surface area contributed by atoms with Gasteiger partial charge in [-0.25, -0.2) is 4.79 Å². The number of unbranched alkanes of at least 4 members (excludes halogenated alkanes) is 1. The lowest BCUT2D eigenvalue weighted by Crippen LogP contribution is -2.62. The van der Waals surface area contributed by atoms with E-state index in [1.807, 2.05) is 13.8 Å². The van der Waals surface area contributed by atoms with Crippen molar-refractivity contribution in [1.82, 2.24) is 10.6 Å². The maximum Gasteiger partial charge on any atom is 0.328 e. The fraction of sp³-hybridized carbons (Fsp3) is 0.583. The number of hydrogen-bond donors (Lipinski definition) is 2. The Hall–Kier alpha value is -1.65. The molecule has 1 heterocycles. The van der Waals surface area contributed by atoms with Crippen molar-refractivity contribution >= 4 is 17.8 Å². The van der Waals surface area contributed by atoms with E-state index < -0.39 is 23.3 Å². The highest BCUT2D eigenvalue weighted by molar-refractivity contribution is 6.19. The van der Waals surface area contributed by atoms with Crippen molar-refractivity contribution in [2.45, 2.75) is 39.5 Å². The Labute approximate surface area is 101 Å². The number of amides is 4. The number of urea groups is 1. The summed E-state index contributed by atoms with van der Waals surface area (Å²) in [7, 11) is 0. The van der Waals surface area contributed by atoms with E-state index in [0.29, 0.717) is 12.8 Å². The monoisotopic (exact) mass is 238 g/mol. The molecular weight excluding hydrogens is 220 g/mol. The SMILES string of the molecule is C/C=C/CC1(CCCC)C(=O)NC(=O)NC1=O. The molecule has 94 valence electrons. The van der Waals surface area contributed by atoms with Crippen molar-refractivity contribution < 1.29 is 14.4 Å². The quantitative estimate of drug-likeness (QED) is 0.563. The van der Waals surface area contributed by atoms with Crippen LogP contribution in [0.4, 0.5) is 4.79 Å². The molecule has 1 aliphatic heterocycles. The summed E-state index contributed by atoms with van der Waals surface area (Å²) in [5.74, 6) is -0.976. The summed E-state index contributed by atoms with van der Waals surface area (Å²) in [5, 5.41) is 4.35. The van der Waals surface area contributed by atoms with E-state index in [9.17, 15) is 14.4 Å². The zero-order chi connectivity index (χ0) is 12.9. The molecule has 5 nitrogen and oxygen atoms in total. The minimum Gasteiger partial charge on any atom is -0.277 e. The number of rotatable bonds is 5. The van der Waals surface area contributed by atoms with Gasteiger partial charge in [-0.15, -0.1) is 0 Å². The predicted octanol–water partition coefficient (Wildman–Crippen LogP) is 1.50. The molecule has 1 rings (SSSR count). The molecule has 5 heteroatoms. The smallest absolute Gasteiger partial charge is 0.277 e. The zero-order valence-corrected chi connectivity index (χ0v) is 10.2. The van der Waals surface area contributed by atoms with Gasteiger partial charge in [0, 0.05) is 0 Å². The summed E-state index contributed by atoms with van der Waals surface area (Å²) in [5.41, 5.74) is -1.13. The van der Waals surface area contributed by atoms with Crippen LogP contribution in [0.15, 0.2) is 12.2 Å². The maximum absolute atomic E-state index is 11.9. The highest BCUT2D eigenvalue weighted by Crippen LogP contribution is 2.32. The largest absolute Gasteiger partial charge is 0.328 e. The van der Waals surface area contributed by atoms with Gasteiger partial charge in [-0.2, -0.15) is 0 Å². The number of carbonyl (C=O) groups excluding carboxylic acids is 3. The zero-order valence-electron chi connectivity index (χ0n) is 10.2. The van der Waals surface area contributed by atoms with E-state index in [-0.39, 0.29) is 0 Å². The second-order valence-corrected chi connectivity index (χ2v) is 4.20. The molecule has 2 N–H and O–H groups in total. The molecular formula is C12H18N2O3. The summed E-state index contributed by atoms with van der Waals surface area (Å²) in [6.45, 7) is 3.82. The van der Waals surface area contributed by atoms with Gasteiger partial charge in [0.15, 0.2) is 0 Å². The van der Waals surface area contributed by atoms with Crippen LogP contribution in [0.25, 0.3) is 0 Å². The fourth-order valence-corrected chi connectivity index (χ4v) is 1.89. The Balaban J connectivity index is 2.97. The highest BCUT2D eigenvalue weighted by Gasteiger charge is 2.48. The molecule has 1 fully saturated rings. The van der Waals surface area contributed by atoms with E-state index >= 15 is 0 Å². The minimum atomic E-state index is -1.13. The van der Waals surface area contributed by atoms with Crippen molar-refractivity contribution in [3.63, 3.8) is 0 Å². The van der Waals surface area contributed by atoms with Crippen LogP contribution in [0.5, 0.6) is 0 Å². The lowest BCUT2D eigenvalue weighted by molar-refractivity contribution is -0.144. The maximum atomic E-state index is 11.9. The third-order valence-corrected chi connectivity index (χ3v) is 2.98. The summed E-state index contributed by atoms with van der Waals surface area (Å²) >= 11 is 0. The third kappa shape index (κ3) is 2.72. The lowest BCUT2D eigenvalue weighted by Gasteiger charge is -2.33. The molecule has 0 aromatic carbocycles. The van der Waals surface area contributed by atoms with E-state index in [1.54, 1.807) is 12.2 Å². The molecule has 0 aliphatic carbocycles. The number of carbonyl (C=O) groups is 3. The summed E-state index contributed by atoms with van der Waals surface area (Å²) in [6, 6.07) is -0.729. The summed E-state index contributed by atoms with van der Waals surface area (Å²) in [4.78, 5) is 34.9. The van der Waals surface area contributed by atoms with E-state index in [0.717, 1.165) is 12.8 Å². The Morgan fingerprint density at radius 1 is 1.18 bits per heavy atom. The van der Waals surface area contributed by atoms with Gasteiger partial charge in [-0.05, 0) is 19.8 Å². The second-order valence-electron chi connectivity index (χ2n) is 4.20. The first-order valence-electron chi connectivity index (χ1n) is 5.85. The standard InChI is InChI=1S/C12H18N2O3/c1-3-5-7-12(8-6-4-2)9(15)13-11(17)14-10(12)16/h3,5H,4,6-8H2,1-2H3,(H2,13,14,15,16,17)/b5-3+. The van der Waals surface area contributed by atoms with Gasteiger partial charge >= 0.3 is 6.03 Å². The van der Waals surface area contributed by atoms with Crippen LogP contribution in [-0.4, -0.2) is 17.8 Å². The number of hydrogen-bond acceptors (Lipinski definition) is 3. The van der Waals surface area contributed by atoms with Gasteiger partial charge in [-0.1, -0.05) is 31.9 Å². The predicted molar refractivity (Wildman–Crippen MR) is 63.1 cm³/mol. The lowest BCUT2D eigenvalue weighted by atomic mass is 9.76. The van der Waals surface area contributed by atoms with Crippen LogP contribution >= 0.6 is 0 Å². The first-order valence-corrected chi connectivity index (χ1v) is 5.85. The van der Waals surface area contributed by atoms with Gasteiger partial charge in [-0.3, -0.25) is 20.2 Å². The van der Waals surface area contributed by atoms with Crippen molar-refractivity contribution in [2.24, 2.45) is 5.41 Å². The molecule has 0 atom stereocenters. The second kappa shape index (κ2) is 5.61. The normalized spacial score (nSPS) is 19.3. The molecule has 17 heavy (non-hydrogen) atoms. The average Bonchev–Trinajstić information content (AvgIpc) is 2.27. The van der Waals surface area contributed by atoms with Gasteiger partial charge < -0.3 is 0 Å². The molecule has 0 saturated carbocycles. The van der Waals surface area contributed by atoms with Gasteiger partial charge in [0.1, 0.15) is 5.41 Å². The molecule has 0 spiro atoms. The van der Waals surface area contributed by atoms with Gasteiger partial charge in [0.25, 0.3) is 0 Å². The number of nitrogens with one attached hydrogen (secondary N) is 2. The molecule has 4 amide bonds. The van der Waals surface area contributed by atoms with Crippen LogP contribution in [0, 0.1) is 5.41 Å². The van der Waals surface area contributed by atoms with Crippen LogP contribution in [-0.2, 0) is 9.59 Å². The Kier molecular flexibility index (Phi) is 4.43. The average molecular weight is 238 g/mol. The molecule has 1 aliphatic rings. The van der Waals surface area contributed by atoms with E-state index in [1.165, 1.54) is 0 Å². The summed E-state index contributed by atoms with van der Waals surface area (Å²) < 4.78 is 0. The Morgan fingerprint density at radius 3 is 2.24 bits per heavy atom. The third-order valence-electron chi connectivity index (χ3n) is 2.98. The first kappa shape index (κ1) is 13.4. The van der Waals surface area contributed by atoms with Crippen LogP contribution in [0.2, 0.25) is 0 Å². The molecule has 0 bridgehead atoms. The molecule has 0 radical (unpaired) electrons. The molecule has 0 aromatic heterocycles. The Bertz CT molecular complexity index is 341. The number of allylic oxidation sites excluding steroid dienone is 2. The van der Waals surface area contributed by atoms with Crippen molar-refractivity contribution in [2.75, 3.05) is 0 Å². The van der Waals surface area contributed by atoms with Crippen molar-refractivity contribution in [3.05, 3.63) is 12.2 Å². The summed E-state index contributed by atoms with van der Waals surface area (Å²) in [6.07, 6.45) is 6.03. The molecule has 1 saturated heterocycles. The van der Waals surface area contributed by atoms with Crippen molar-refractivity contribution in [1.29, 1.82) is 0 Å². The van der Waals surface area contributed by atoms with E-state index in [2.05, 4.69) is 10.6 Å². The first-order chi connectivity index (χ1) is 8.06. The topological polar surface area (TPSA) is 75.3 Å². The van der Waals surface area contributed by atoms with Crippen LogP contribution in [0.3, 0.4) is 0 Å². The number of barbiturate groups is 1. The van der Waals surface area contributed by atoms with Gasteiger partial charge in [0.05, 0.1) is 0 Å². The minimum absolute atomic E-state index is 0.328. The highest BCUT2D eigenvalue weighted by atomic mass is 16.2. The van der Waals surface area contributed by atoms with E-state index in [4.69, 9.17) is 0 Å². The van der Waals surface area contributed by atoms with Crippen molar-refractivity contribution in [3.8, 4) is 0 Å².